The molecule has 1 amide bonds. The SMILES string of the molecule is O=C(C1CC1)N1C[C@H]2OC34CCC1C2C31CCN(CC2CC2)C4Cc2ccc(O)cc21. The van der Waals surface area contributed by atoms with Gasteiger partial charge in [0.05, 0.1) is 11.7 Å². The molecule has 5 unspecified atom stereocenters. The number of fused-ring (bicyclic) bond motifs is 1. The molecule has 4 bridgehead atoms. The molecule has 3 heterocycles. The quantitative estimate of drug-likeness (QED) is 0.817. The Morgan fingerprint density at radius 2 is 2.03 bits per heavy atom. The molecule has 5 heteroatoms. The fourth-order valence-electron chi connectivity index (χ4n) is 8.84. The molecule has 0 radical (unpaired) electrons. The number of phenols is 1. The zero-order valence-electron chi connectivity index (χ0n) is 18.1. The lowest BCUT2D eigenvalue weighted by Crippen LogP contribution is -2.74. The molecule has 6 fully saturated rings. The first-order valence-corrected chi connectivity index (χ1v) is 12.7. The number of piperidine rings is 1. The predicted octanol–water partition coefficient (Wildman–Crippen LogP) is 2.84. The van der Waals surface area contributed by atoms with E-state index in [0.29, 0.717) is 29.7 Å². The van der Waals surface area contributed by atoms with Crippen LogP contribution in [0.15, 0.2) is 18.2 Å². The third-order valence-corrected chi connectivity index (χ3v) is 10.2. The van der Waals surface area contributed by atoms with E-state index in [0.717, 1.165) is 57.5 Å². The molecule has 3 saturated heterocycles. The molecule has 7 aliphatic rings. The Bertz CT molecular complexity index is 987. The zero-order valence-corrected chi connectivity index (χ0v) is 18.1. The Balaban J connectivity index is 1.28. The molecule has 6 atom stereocenters. The van der Waals surface area contributed by atoms with Crippen LogP contribution in [0.3, 0.4) is 0 Å². The topological polar surface area (TPSA) is 53.0 Å². The second-order valence-electron chi connectivity index (χ2n) is 11.7. The van der Waals surface area contributed by atoms with Crippen LogP contribution < -0.4 is 0 Å². The van der Waals surface area contributed by atoms with Gasteiger partial charge in [-0.05, 0) is 87.1 Å². The Hall–Kier alpha value is -1.59. The van der Waals surface area contributed by atoms with Crippen LogP contribution in [0.1, 0.15) is 56.1 Å². The zero-order chi connectivity index (χ0) is 20.5. The van der Waals surface area contributed by atoms with Crippen LogP contribution in [0.4, 0.5) is 0 Å². The molecule has 0 aromatic heterocycles. The number of carbonyl (C=O) groups excluding carboxylic acids is 1. The highest BCUT2D eigenvalue weighted by Gasteiger charge is 2.78. The molecular formula is C26H32N2O3. The molecule has 31 heavy (non-hydrogen) atoms. The molecule has 1 N–H and O–H groups in total. The molecular weight excluding hydrogens is 388 g/mol. The summed E-state index contributed by atoms with van der Waals surface area (Å²) < 4.78 is 7.22. The van der Waals surface area contributed by atoms with Crippen molar-refractivity contribution in [1.82, 2.24) is 9.80 Å². The number of likely N-dealkylation sites (tertiary alicyclic amines) is 2. The minimum absolute atomic E-state index is 0.0454. The van der Waals surface area contributed by atoms with Crippen molar-refractivity contribution >= 4 is 5.91 Å². The normalized spacial score (nSPS) is 44.8. The van der Waals surface area contributed by atoms with Crippen LogP contribution in [-0.2, 0) is 21.4 Å². The minimum atomic E-state index is -0.137. The number of phenolic OH excluding ortho intramolecular Hbond substituents is 1. The number of nitrogens with zero attached hydrogens (tertiary/aromatic N) is 2. The molecule has 5 nitrogen and oxygen atoms in total. The van der Waals surface area contributed by atoms with Gasteiger partial charge in [0.15, 0.2) is 0 Å². The van der Waals surface area contributed by atoms with Crippen molar-refractivity contribution in [1.29, 1.82) is 0 Å². The summed E-state index contributed by atoms with van der Waals surface area (Å²) in [6, 6.07) is 6.87. The van der Waals surface area contributed by atoms with Crippen LogP contribution in [0.5, 0.6) is 5.75 Å². The number of hydrogen-bond acceptors (Lipinski definition) is 4. The summed E-state index contributed by atoms with van der Waals surface area (Å²) >= 11 is 0. The lowest BCUT2D eigenvalue weighted by molar-refractivity contribution is -0.177. The van der Waals surface area contributed by atoms with E-state index in [1.807, 2.05) is 6.07 Å². The van der Waals surface area contributed by atoms with Gasteiger partial charge in [-0.1, -0.05) is 6.07 Å². The number of aromatic hydroxyl groups is 1. The molecule has 164 valence electrons. The van der Waals surface area contributed by atoms with Gasteiger partial charge in [-0.15, -0.1) is 0 Å². The molecule has 1 aromatic rings. The second kappa shape index (κ2) is 5.66. The monoisotopic (exact) mass is 420 g/mol. The smallest absolute Gasteiger partial charge is 0.226 e. The largest absolute Gasteiger partial charge is 0.508 e. The van der Waals surface area contributed by atoms with E-state index in [1.165, 1.54) is 30.5 Å². The van der Waals surface area contributed by atoms with Gasteiger partial charge in [0.25, 0.3) is 0 Å². The highest BCUT2D eigenvalue weighted by molar-refractivity contribution is 5.82. The molecule has 3 aliphatic heterocycles. The van der Waals surface area contributed by atoms with Crippen molar-refractivity contribution in [3.8, 4) is 5.75 Å². The van der Waals surface area contributed by atoms with Crippen molar-refractivity contribution in [3.63, 3.8) is 0 Å². The predicted molar refractivity (Wildman–Crippen MR) is 115 cm³/mol. The van der Waals surface area contributed by atoms with Crippen molar-refractivity contribution in [2.75, 3.05) is 19.6 Å². The lowest BCUT2D eigenvalue weighted by Gasteiger charge is -2.64. The van der Waals surface area contributed by atoms with Gasteiger partial charge in [0.2, 0.25) is 5.91 Å². The van der Waals surface area contributed by atoms with E-state index in [-0.39, 0.29) is 23.0 Å². The van der Waals surface area contributed by atoms with Gasteiger partial charge in [-0.25, -0.2) is 0 Å². The molecule has 4 aliphatic carbocycles. The summed E-state index contributed by atoms with van der Waals surface area (Å²) in [6.07, 6.45) is 9.37. The number of ether oxygens (including phenoxy) is 1. The van der Waals surface area contributed by atoms with E-state index in [1.54, 1.807) is 0 Å². The number of rotatable bonds is 3. The summed E-state index contributed by atoms with van der Waals surface area (Å²) in [7, 11) is 0. The number of hydrogen-bond donors (Lipinski definition) is 1. The maximum absolute atomic E-state index is 13.2. The molecule has 8 rings (SSSR count). The fraction of sp³-hybridized carbons (Fsp3) is 0.731. The average molecular weight is 421 g/mol. The van der Waals surface area contributed by atoms with Crippen LogP contribution in [0.2, 0.25) is 0 Å². The summed E-state index contributed by atoms with van der Waals surface area (Å²) in [5.41, 5.74) is 2.58. The van der Waals surface area contributed by atoms with Gasteiger partial charge in [0.1, 0.15) is 5.75 Å². The van der Waals surface area contributed by atoms with Crippen LogP contribution in [0.25, 0.3) is 0 Å². The summed E-state index contributed by atoms with van der Waals surface area (Å²) in [5.74, 6) is 2.31. The average Bonchev–Trinajstić information content (AvgIpc) is 3.66. The van der Waals surface area contributed by atoms with E-state index < -0.39 is 0 Å². The van der Waals surface area contributed by atoms with Gasteiger partial charge in [-0.3, -0.25) is 9.69 Å². The molecule has 3 saturated carbocycles. The van der Waals surface area contributed by atoms with Gasteiger partial charge < -0.3 is 14.7 Å². The van der Waals surface area contributed by atoms with E-state index in [2.05, 4.69) is 21.9 Å². The highest BCUT2D eigenvalue weighted by atomic mass is 16.5. The third-order valence-electron chi connectivity index (χ3n) is 10.2. The first-order chi connectivity index (χ1) is 15.1. The Labute approximate surface area is 183 Å². The molecule has 0 spiro atoms. The van der Waals surface area contributed by atoms with Crippen LogP contribution in [-0.4, -0.2) is 64.2 Å². The number of carbonyl (C=O) groups is 1. The summed E-state index contributed by atoms with van der Waals surface area (Å²) in [5, 5.41) is 10.5. The maximum Gasteiger partial charge on any atom is 0.226 e. The lowest BCUT2D eigenvalue weighted by atomic mass is 9.46. The van der Waals surface area contributed by atoms with E-state index in [4.69, 9.17) is 4.74 Å². The maximum atomic E-state index is 13.2. The van der Waals surface area contributed by atoms with Crippen molar-refractivity contribution in [2.45, 2.75) is 80.6 Å². The highest BCUT2D eigenvalue weighted by Crippen LogP contribution is 2.70. The third kappa shape index (κ3) is 2.09. The van der Waals surface area contributed by atoms with E-state index >= 15 is 0 Å². The standard InChI is InChI=1S/C26H32N2O3/c29-18-6-5-17-11-22-26-8-7-20-23(21(31-26)14-28(20)24(30)16-3-4-16)25(26,19(17)12-18)9-10-27(22)13-15-1-2-15/h5-6,12,15-16,20-23,29H,1-4,7-11,13-14H2/t20?,21-,22?,23?,25?,26?/m1/s1. The van der Waals surface area contributed by atoms with E-state index in [9.17, 15) is 9.90 Å². The van der Waals surface area contributed by atoms with Gasteiger partial charge in [-0.2, -0.15) is 0 Å². The van der Waals surface area contributed by atoms with Crippen LogP contribution >= 0.6 is 0 Å². The van der Waals surface area contributed by atoms with Crippen LogP contribution in [0, 0.1) is 17.8 Å². The summed E-state index contributed by atoms with van der Waals surface area (Å²) in [4.78, 5) is 18.2. The molecule has 1 aromatic carbocycles. The fourth-order valence-corrected chi connectivity index (χ4v) is 8.84. The first-order valence-electron chi connectivity index (χ1n) is 12.7. The Kier molecular flexibility index (Phi) is 3.27. The number of amides is 1. The van der Waals surface area contributed by atoms with Crippen molar-refractivity contribution in [3.05, 3.63) is 29.3 Å². The first kappa shape index (κ1) is 17.9. The van der Waals surface area contributed by atoms with Crippen molar-refractivity contribution < 1.29 is 14.6 Å². The number of benzene rings is 1. The second-order valence-corrected chi connectivity index (χ2v) is 11.7. The Morgan fingerprint density at radius 3 is 2.84 bits per heavy atom. The minimum Gasteiger partial charge on any atom is -0.508 e. The summed E-state index contributed by atoms with van der Waals surface area (Å²) in [6.45, 7) is 3.15. The Morgan fingerprint density at radius 1 is 1.16 bits per heavy atom. The van der Waals surface area contributed by atoms with Crippen molar-refractivity contribution in [2.24, 2.45) is 17.8 Å². The van der Waals surface area contributed by atoms with Gasteiger partial charge >= 0.3 is 0 Å². The van der Waals surface area contributed by atoms with Gasteiger partial charge in [0, 0.05) is 42.4 Å².